The third-order valence-corrected chi connectivity index (χ3v) is 4.91. The Morgan fingerprint density at radius 1 is 1.37 bits per heavy atom. The number of rotatable bonds is 5. The van der Waals surface area contributed by atoms with Gasteiger partial charge in [-0.3, -0.25) is 9.69 Å². The number of ether oxygens (including phenoxy) is 1. The standard InChI is InChI=1S/C15H27NO3/c1-10(2)14(9-19-3)16-12-7-5-4-6-11(12)8-13(16)15(17)18/h10-14H,4-9H2,1-3H3,(H,17,18). The smallest absolute Gasteiger partial charge is 0.320 e. The summed E-state index contributed by atoms with van der Waals surface area (Å²) >= 11 is 0. The predicted octanol–water partition coefficient (Wildman–Crippen LogP) is 2.38. The van der Waals surface area contributed by atoms with E-state index >= 15 is 0 Å². The number of fused-ring (bicyclic) bond motifs is 1. The highest BCUT2D eigenvalue weighted by Crippen LogP contribution is 2.41. The Bertz CT molecular complexity index is 319. The molecular weight excluding hydrogens is 242 g/mol. The largest absolute Gasteiger partial charge is 0.480 e. The minimum absolute atomic E-state index is 0.221. The Labute approximate surface area is 116 Å². The number of methoxy groups -OCH3 is 1. The van der Waals surface area contributed by atoms with Crippen LogP contribution in [-0.4, -0.2) is 47.8 Å². The number of nitrogens with zero attached hydrogens (tertiary/aromatic N) is 1. The van der Waals surface area contributed by atoms with Gasteiger partial charge in [-0.25, -0.2) is 0 Å². The van der Waals surface area contributed by atoms with Gasteiger partial charge < -0.3 is 9.84 Å². The summed E-state index contributed by atoms with van der Waals surface area (Å²) in [5.74, 6) is 0.339. The normalized spacial score (nSPS) is 33.4. The van der Waals surface area contributed by atoms with Gasteiger partial charge in [0.2, 0.25) is 0 Å². The van der Waals surface area contributed by atoms with Crippen molar-refractivity contribution in [2.45, 2.75) is 64.1 Å². The Morgan fingerprint density at radius 2 is 2.05 bits per heavy atom. The average molecular weight is 269 g/mol. The van der Waals surface area contributed by atoms with Crippen molar-refractivity contribution >= 4 is 5.97 Å². The number of hydrogen-bond acceptors (Lipinski definition) is 3. The third-order valence-electron chi connectivity index (χ3n) is 4.91. The van der Waals surface area contributed by atoms with Crippen molar-refractivity contribution in [2.75, 3.05) is 13.7 Å². The molecule has 2 rings (SSSR count). The van der Waals surface area contributed by atoms with Crippen molar-refractivity contribution < 1.29 is 14.6 Å². The van der Waals surface area contributed by atoms with Gasteiger partial charge in [0.25, 0.3) is 0 Å². The molecule has 0 spiro atoms. The van der Waals surface area contributed by atoms with E-state index in [0.29, 0.717) is 24.5 Å². The molecule has 1 aliphatic carbocycles. The highest BCUT2D eigenvalue weighted by atomic mass is 16.5. The van der Waals surface area contributed by atoms with E-state index in [1.54, 1.807) is 7.11 Å². The van der Waals surface area contributed by atoms with Crippen LogP contribution >= 0.6 is 0 Å². The van der Waals surface area contributed by atoms with Crippen molar-refractivity contribution in [3.8, 4) is 0 Å². The molecule has 1 aliphatic heterocycles. The molecule has 1 heterocycles. The quantitative estimate of drug-likeness (QED) is 0.832. The molecule has 1 saturated heterocycles. The van der Waals surface area contributed by atoms with Crippen molar-refractivity contribution in [2.24, 2.45) is 11.8 Å². The zero-order chi connectivity index (χ0) is 14.0. The van der Waals surface area contributed by atoms with E-state index in [0.717, 1.165) is 12.8 Å². The minimum atomic E-state index is -0.656. The SMILES string of the molecule is COCC(C(C)C)N1C(C(=O)O)CC2CCCCC21. The van der Waals surface area contributed by atoms with E-state index in [1.807, 2.05) is 0 Å². The fraction of sp³-hybridized carbons (Fsp3) is 0.933. The predicted molar refractivity (Wildman–Crippen MR) is 74.1 cm³/mol. The number of carbonyl (C=O) groups is 1. The van der Waals surface area contributed by atoms with E-state index in [1.165, 1.54) is 19.3 Å². The summed E-state index contributed by atoms with van der Waals surface area (Å²) in [6, 6.07) is 0.368. The summed E-state index contributed by atoms with van der Waals surface area (Å²) in [7, 11) is 1.71. The summed E-state index contributed by atoms with van der Waals surface area (Å²) in [6.45, 7) is 4.96. The van der Waals surface area contributed by atoms with Gasteiger partial charge in [-0.05, 0) is 31.1 Å². The van der Waals surface area contributed by atoms with Crippen LogP contribution in [0.15, 0.2) is 0 Å². The first-order valence-corrected chi connectivity index (χ1v) is 7.55. The molecule has 1 N–H and O–H groups in total. The highest BCUT2D eigenvalue weighted by Gasteiger charge is 2.48. The topological polar surface area (TPSA) is 49.8 Å². The van der Waals surface area contributed by atoms with Crippen molar-refractivity contribution in [1.29, 1.82) is 0 Å². The van der Waals surface area contributed by atoms with Crippen LogP contribution in [0.1, 0.15) is 46.0 Å². The number of aliphatic carboxylic acids is 1. The second kappa shape index (κ2) is 6.23. The van der Waals surface area contributed by atoms with Crippen LogP contribution < -0.4 is 0 Å². The summed E-state index contributed by atoms with van der Waals surface area (Å²) < 4.78 is 5.35. The lowest BCUT2D eigenvalue weighted by atomic mass is 9.84. The first-order valence-electron chi connectivity index (χ1n) is 7.55. The summed E-state index contributed by atoms with van der Waals surface area (Å²) in [5, 5.41) is 9.55. The van der Waals surface area contributed by atoms with Crippen molar-refractivity contribution in [3.63, 3.8) is 0 Å². The van der Waals surface area contributed by atoms with Crippen LogP contribution in [0.3, 0.4) is 0 Å². The second-order valence-corrected chi connectivity index (χ2v) is 6.42. The molecule has 0 aromatic carbocycles. The van der Waals surface area contributed by atoms with Gasteiger partial charge in [-0.15, -0.1) is 0 Å². The molecule has 4 heteroatoms. The lowest BCUT2D eigenvalue weighted by Gasteiger charge is -2.40. The monoisotopic (exact) mass is 269 g/mol. The van der Waals surface area contributed by atoms with Crippen molar-refractivity contribution in [3.05, 3.63) is 0 Å². The molecule has 1 saturated carbocycles. The van der Waals surface area contributed by atoms with Crippen LogP contribution in [0.5, 0.6) is 0 Å². The van der Waals surface area contributed by atoms with Crippen LogP contribution in [-0.2, 0) is 9.53 Å². The van der Waals surface area contributed by atoms with Crippen molar-refractivity contribution in [1.82, 2.24) is 4.90 Å². The molecule has 0 amide bonds. The average Bonchev–Trinajstić information content (AvgIpc) is 2.75. The number of carboxylic acids is 1. The van der Waals surface area contributed by atoms with E-state index < -0.39 is 5.97 Å². The maximum Gasteiger partial charge on any atom is 0.320 e. The van der Waals surface area contributed by atoms with Gasteiger partial charge in [0.1, 0.15) is 6.04 Å². The fourth-order valence-electron chi connectivity index (χ4n) is 3.99. The lowest BCUT2D eigenvalue weighted by molar-refractivity contribution is -0.144. The molecule has 0 bridgehead atoms. The van der Waals surface area contributed by atoms with Gasteiger partial charge >= 0.3 is 5.97 Å². The van der Waals surface area contributed by atoms with Crippen LogP contribution in [0.25, 0.3) is 0 Å². The second-order valence-electron chi connectivity index (χ2n) is 6.42. The molecule has 110 valence electrons. The number of carboxylic acid groups (broad SMARTS) is 1. The summed E-state index contributed by atoms with van der Waals surface area (Å²) in [4.78, 5) is 13.9. The maximum absolute atomic E-state index is 11.6. The Balaban J connectivity index is 2.22. The summed E-state index contributed by atoms with van der Waals surface area (Å²) in [6.07, 6.45) is 5.68. The molecule has 4 unspecified atom stereocenters. The Hall–Kier alpha value is -0.610. The lowest BCUT2D eigenvalue weighted by Crippen LogP contribution is -2.52. The Morgan fingerprint density at radius 3 is 2.63 bits per heavy atom. The van der Waals surface area contributed by atoms with Crippen LogP contribution in [0.4, 0.5) is 0 Å². The van der Waals surface area contributed by atoms with Crippen LogP contribution in [0.2, 0.25) is 0 Å². The molecule has 2 fully saturated rings. The molecule has 4 nitrogen and oxygen atoms in total. The fourth-order valence-corrected chi connectivity index (χ4v) is 3.99. The molecule has 2 aliphatic rings. The first kappa shape index (κ1) is 14.8. The third kappa shape index (κ3) is 2.95. The van der Waals surface area contributed by atoms with E-state index in [2.05, 4.69) is 18.7 Å². The molecule has 4 atom stereocenters. The molecule has 0 aromatic heterocycles. The molecule has 0 radical (unpaired) electrons. The van der Waals surface area contributed by atoms with Gasteiger partial charge in [-0.1, -0.05) is 26.7 Å². The van der Waals surface area contributed by atoms with Gasteiger partial charge in [0, 0.05) is 19.2 Å². The van der Waals surface area contributed by atoms with E-state index in [-0.39, 0.29) is 12.1 Å². The van der Waals surface area contributed by atoms with Gasteiger partial charge in [0.15, 0.2) is 0 Å². The van der Waals surface area contributed by atoms with Crippen LogP contribution in [0, 0.1) is 11.8 Å². The molecule has 0 aromatic rings. The first-order chi connectivity index (χ1) is 9.06. The zero-order valence-corrected chi connectivity index (χ0v) is 12.3. The minimum Gasteiger partial charge on any atom is -0.480 e. The summed E-state index contributed by atoms with van der Waals surface area (Å²) in [5.41, 5.74) is 0. The molecule has 19 heavy (non-hydrogen) atoms. The Kier molecular flexibility index (Phi) is 4.85. The van der Waals surface area contributed by atoms with E-state index in [4.69, 9.17) is 4.74 Å². The maximum atomic E-state index is 11.6. The number of hydrogen-bond donors (Lipinski definition) is 1. The molecular formula is C15H27NO3. The van der Waals surface area contributed by atoms with E-state index in [9.17, 15) is 9.90 Å². The van der Waals surface area contributed by atoms with Gasteiger partial charge in [-0.2, -0.15) is 0 Å². The van der Waals surface area contributed by atoms with Gasteiger partial charge in [0.05, 0.1) is 6.61 Å². The highest BCUT2D eigenvalue weighted by molar-refractivity contribution is 5.74. The number of likely N-dealkylation sites (tertiary alicyclic amines) is 1. The zero-order valence-electron chi connectivity index (χ0n) is 12.3.